The maximum absolute atomic E-state index is 6.32. The summed E-state index contributed by atoms with van der Waals surface area (Å²) >= 11 is 12.6. The Morgan fingerprint density at radius 1 is 1.05 bits per heavy atom. The molecule has 1 heterocycles. The van der Waals surface area contributed by atoms with E-state index in [1.165, 1.54) is 0 Å². The number of hydrogen-bond donors (Lipinski definition) is 2. The highest BCUT2D eigenvalue weighted by Crippen LogP contribution is 2.34. The lowest BCUT2D eigenvalue weighted by Crippen LogP contribution is -2.23. The summed E-state index contributed by atoms with van der Waals surface area (Å²) in [6.07, 6.45) is 0. The van der Waals surface area contributed by atoms with Gasteiger partial charge in [0.05, 0.1) is 10.0 Å². The van der Waals surface area contributed by atoms with Gasteiger partial charge < -0.3 is 10.6 Å². The highest BCUT2D eigenvalue weighted by Gasteiger charge is 2.12. The van der Waals surface area contributed by atoms with Crippen LogP contribution < -0.4 is 10.6 Å². The van der Waals surface area contributed by atoms with E-state index >= 15 is 0 Å². The van der Waals surface area contributed by atoms with E-state index in [1.54, 1.807) is 0 Å². The number of nitrogens with zero attached hydrogens (tertiary/aromatic N) is 2. The molecular formula is C14H22Cl4N4. The summed E-state index contributed by atoms with van der Waals surface area (Å²) in [4.78, 5) is 6.75. The van der Waals surface area contributed by atoms with E-state index in [9.17, 15) is 0 Å². The van der Waals surface area contributed by atoms with Crippen LogP contribution in [0.1, 0.15) is 19.4 Å². The van der Waals surface area contributed by atoms with Crippen molar-refractivity contribution >= 4 is 59.7 Å². The van der Waals surface area contributed by atoms with Crippen LogP contribution in [0.2, 0.25) is 10.0 Å². The van der Waals surface area contributed by atoms with Crippen LogP contribution in [-0.2, 0) is 6.54 Å². The molecule has 2 rings (SSSR count). The molecule has 0 radical (unpaired) electrons. The summed E-state index contributed by atoms with van der Waals surface area (Å²) in [5.41, 5.74) is 1.73. The molecule has 1 saturated heterocycles. The Bertz CT molecular complexity index is 473. The molecule has 0 bridgehead atoms. The highest BCUT2D eigenvalue weighted by molar-refractivity contribution is 6.39. The first kappa shape index (κ1) is 21.6. The topological polar surface area (TPSA) is 39.7 Å². The van der Waals surface area contributed by atoms with Crippen molar-refractivity contribution in [2.24, 2.45) is 4.99 Å². The predicted molar refractivity (Wildman–Crippen MR) is 101 cm³/mol. The molecule has 0 atom stereocenters. The van der Waals surface area contributed by atoms with Gasteiger partial charge in [-0.2, -0.15) is 0 Å². The number of guanidine groups is 1. The van der Waals surface area contributed by atoms with Crippen LogP contribution in [0.4, 0.5) is 5.69 Å². The largest absolute Gasteiger partial charge is 0.354 e. The lowest BCUT2D eigenvalue weighted by molar-refractivity contribution is 0.296. The Morgan fingerprint density at radius 3 is 2.00 bits per heavy atom. The second-order valence-electron chi connectivity index (χ2n) is 4.68. The number of nitrogens with one attached hydrogen (secondary N) is 2. The molecular weight excluding hydrogens is 366 g/mol. The van der Waals surface area contributed by atoms with Gasteiger partial charge in [0.15, 0.2) is 5.96 Å². The number of rotatable bonds is 5. The predicted octanol–water partition coefficient (Wildman–Crippen LogP) is 3.86. The Labute approximate surface area is 154 Å². The minimum atomic E-state index is 0. The molecule has 1 aliphatic rings. The van der Waals surface area contributed by atoms with E-state index in [2.05, 4.69) is 34.4 Å². The summed E-state index contributed by atoms with van der Waals surface area (Å²) in [5.74, 6) is 0.727. The number of halogens is 4. The molecule has 0 aromatic heterocycles. The molecule has 4 nitrogen and oxygen atoms in total. The SMILES string of the molecule is CCN(CC)Cc1cc(Cl)c(N=C2NCCN2)c(Cl)c1.Cl.Cl. The summed E-state index contributed by atoms with van der Waals surface area (Å²) in [6.45, 7) is 8.88. The second kappa shape index (κ2) is 10.4. The van der Waals surface area contributed by atoms with E-state index in [0.29, 0.717) is 15.7 Å². The molecule has 1 fully saturated rings. The van der Waals surface area contributed by atoms with Crippen LogP contribution in [0.25, 0.3) is 0 Å². The normalized spacial score (nSPS) is 13.0. The zero-order chi connectivity index (χ0) is 14.5. The fourth-order valence-electron chi connectivity index (χ4n) is 2.14. The van der Waals surface area contributed by atoms with Crippen LogP contribution in [-0.4, -0.2) is 37.0 Å². The number of benzene rings is 1. The van der Waals surface area contributed by atoms with Crippen LogP contribution in [0.3, 0.4) is 0 Å². The second-order valence-corrected chi connectivity index (χ2v) is 5.50. The van der Waals surface area contributed by atoms with Crippen molar-refractivity contribution < 1.29 is 0 Å². The summed E-state index contributed by atoms with van der Waals surface area (Å²) < 4.78 is 0. The van der Waals surface area contributed by atoms with Gasteiger partial charge in [0.2, 0.25) is 0 Å². The molecule has 1 aliphatic heterocycles. The van der Waals surface area contributed by atoms with Crippen molar-refractivity contribution in [2.45, 2.75) is 20.4 Å². The van der Waals surface area contributed by atoms with Crippen molar-refractivity contribution in [3.05, 3.63) is 27.7 Å². The van der Waals surface area contributed by atoms with Gasteiger partial charge in [-0.05, 0) is 30.8 Å². The smallest absolute Gasteiger partial charge is 0.196 e. The van der Waals surface area contributed by atoms with Crippen molar-refractivity contribution in [2.75, 3.05) is 26.2 Å². The van der Waals surface area contributed by atoms with Crippen LogP contribution in [0, 0.1) is 0 Å². The monoisotopic (exact) mass is 386 g/mol. The zero-order valence-electron chi connectivity index (χ0n) is 12.7. The molecule has 22 heavy (non-hydrogen) atoms. The van der Waals surface area contributed by atoms with Gasteiger partial charge in [-0.15, -0.1) is 24.8 Å². The van der Waals surface area contributed by atoms with Crippen molar-refractivity contribution in [3.63, 3.8) is 0 Å². The molecule has 126 valence electrons. The molecule has 0 unspecified atom stereocenters. The summed E-state index contributed by atoms with van der Waals surface area (Å²) in [5, 5.41) is 7.45. The summed E-state index contributed by atoms with van der Waals surface area (Å²) in [7, 11) is 0. The molecule has 2 N–H and O–H groups in total. The van der Waals surface area contributed by atoms with Crippen LogP contribution >= 0.6 is 48.0 Å². The fourth-order valence-corrected chi connectivity index (χ4v) is 2.75. The first-order valence-electron chi connectivity index (χ1n) is 6.90. The number of hydrogen-bond acceptors (Lipinski definition) is 2. The maximum Gasteiger partial charge on any atom is 0.196 e. The average molecular weight is 388 g/mol. The zero-order valence-corrected chi connectivity index (χ0v) is 15.8. The van der Waals surface area contributed by atoms with Gasteiger partial charge in [-0.3, -0.25) is 4.90 Å². The standard InChI is InChI=1S/C14H20Cl2N4.2ClH/c1-3-20(4-2)9-10-7-11(15)13(12(16)8-10)19-14-17-5-6-18-14;;/h7-8H,3-6,9H2,1-2H3,(H2,17,18,19);2*1H. The first-order valence-corrected chi connectivity index (χ1v) is 7.66. The Hall–Kier alpha value is -0.390. The fraction of sp³-hybridized carbons (Fsp3) is 0.500. The molecule has 0 spiro atoms. The van der Waals surface area contributed by atoms with Gasteiger partial charge in [0.25, 0.3) is 0 Å². The van der Waals surface area contributed by atoms with E-state index in [-0.39, 0.29) is 24.8 Å². The quantitative estimate of drug-likeness (QED) is 0.805. The average Bonchev–Trinajstić information content (AvgIpc) is 2.93. The van der Waals surface area contributed by atoms with Gasteiger partial charge in [-0.25, -0.2) is 4.99 Å². The van der Waals surface area contributed by atoms with Crippen molar-refractivity contribution in [1.29, 1.82) is 0 Å². The third-order valence-electron chi connectivity index (χ3n) is 3.31. The molecule has 1 aromatic carbocycles. The van der Waals surface area contributed by atoms with Crippen molar-refractivity contribution in [1.82, 2.24) is 15.5 Å². The lowest BCUT2D eigenvalue weighted by atomic mass is 10.2. The van der Waals surface area contributed by atoms with Gasteiger partial charge in [-0.1, -0.05) is 37.0 Å². The van der Waals surface area contributed by atoms with Crippen LogP contribution in [0.5, 0.6) is 0 Å². The lowest BCUT2D eigenvalue weighted by Gasteiger charge is -2.18. The van der Waals surface area contributed by atoms with E-state index in [4.69, 9.17) is 23.2 Å². The maximum atomic E-state index is 6.32. The van der Waals surface area contributed by atoms with Gasteiger partial charge in [0, 0.05) is 19.6 Å². The van der Waals surface area contributed by atoms with E-state index in [0.717, 1.165) is 44.2 Å². The Balaban J connectivity index is 0.00000220. The van der Waals surface area contributed by atoms with Gasteiger partial charge >= 0.3 is 0 Å². The van der Waals surface area contributed by atoms with Crippen molar-refractivity contribution in [3.8, 4) is 0 Å². The molecule has 1 aromatic rings. The Morgan fingerprint density at radius 2 is 1.55 bits per heavy atom. The molecule has 0 saturated carbocycles. The third-order valence-corrected chi connectivity index (χ3v) is 3.89. The minimum Gasteiger partial charge on any atom is -0.354 e. The molecule has 0 aliphatic carbocycles. The third kappa shape index (κ3) is 5.67. The van der Waals surface area contributed by atoms with E-state index in [1.807, 2.05) is 12.1 Å². The summed E-state index contributed by atoms with van der Waals surface area (Å²) in [6, 6.07) is 3.89. The first-order chi connectivity index (χ1) is 9.63. The molecule has 8 heteroatoms. The van der Waals surface area contributed by atoms with Crippen LogP contribution in [0.15, 0.2) is 17.1 Å². The Kier molecular flexibility index (Phi) is 10.2. The molecule has 0 amide bonds. The van der Waals surface area contributed by atoms with E-state index < -0.39 is 0 Å². The van der Waals surface area contributed by atoms with Gasteiger partial charge in [0.1, 0.15) is 5.69 Å². The minimum absolute atomic E-state index is 0. The highest BCUT2D eigenvalue weighted by atomic mass is 35.5. The number of aliphatic imine (C=N–C) groups is 1.